The maximum atomic E-state index is 12.1. The molecular weight excluding hydrogens is 478 g/mol. The third-order valence-electron chi connectivity index (χ3n) is 7.06. The van der Waals surface area contributed by atoms with E-state index in [1.165, 1.54) is 11.8 Å². The van der Waals surface area contributed by atoms with Gasteiger partial charge in [0.15, 0.2) is 0 Å². The number of hydrogen-bond donors (Lipinski definition) is 3. The number of nitrogens with zero attached hydrogens (tertiary/aromatic N) is 3. The number of aryl methyl sites for hydroxylation is 1. The molecule has 0 radical (unpaired) electrons. The van der Waals surface area contributed by atoms with E-state index in [4.69, 9.17) is 0 Å². The van der Waals surface area contributed by atoms with Gasteiger partial charge in [0.2, 0.25) is 5.91 Å². The molecule has 0 atom stereocenters. The van der Waals surface area contributed by atoms with Crippen LogP contribution in [0, 0.1) is 6.92 Å². The summed E-state index contributed by atoms with van der Waals surface area (Å²) >= 11 is 0. The summed E-state index contributed by atoms with van der Waals surface area (Å²) in [6, 6.07) is 16.3. The van der Waals surface area contributed by atoms with Gasteiger partial charge in [0.05, 0.1) is 12.1 Å². The predicted molar refractivity (Wildman–Crippen MR) is 152 cm³/mol. The Bertz CT molecular complexity index is 1520. The van der Waals surface area contributed by atoms with Crippen LogP contribution in [0.1, 0.15) is 11.1 Å². The fraction of sp³-hybridized carbons (Fsp3) is 0.233. The van der Waals surface area contributed by atoms with Crippen LogP contribution in [0.5, 0.6) is 0 Å². The molecule has 8 nitrogen and oxygen atoms in total. The van der Waals surface area contributed by atoms with Gasteiger partial charge in [-0.05, 0) is 66.6 Å². The molecule has 2 aromatic heterocycles. The molecule has 0 spiro atoms. The number of carboxylic acid groups (broad SMARTS) is 1. The van der Waals surface area contributed by atoms with Gasteiger partial charge in [0.25, 0.3) is 0 Å². The van der Waals surface area contributed by atoms with Crippen molar-refractivity contribution in [3.63, 3.8) is 0 Å². The highest BCUT2D eigenvalue weighted by atomic mass is 16.4. The number of carbonyl (C=O) groups excluding carboxylic acids is 1. The van der Waals surface area contributed by atoms with Crippen molar-refractivity contribution in [3.05, 3.63) is 78.5 Å². The van der Waals surface area contributed by atoms with Crippen LogP contribution < -0.4 is 10.2 Å². The first kappa shape index (κ1) is 25.2. The quantitative estimate of drug-likeness (QED) is 0.312. The highest BCUT2D eigenvalue weighted by Crippen LogP contribution is 2.40. The van der Waals surface area contributed by atoms with Crippen LogP contribution in [0.15, 0.2) is 67.4 Å². The van der Waals surface area contributed by atoms with E-state index in [0.29, 0.717) is 16.9 Å². The number of amides is 1. The minimum atomic E-state index is -0.910. The van der Waals surface area contributed by atoms with Crippen molar-refractivity contribution in [1.29, 1.82) is 0 Å². The van der Waals surface area contributed by atoms with Gasteiger partial charge < -0.3 is 25.2 Å². The number of rotatable bonds is 7. The number of fused-ring (bicyclic) bond motifs is 1. The van der Waals surface area contributed by atoms with Crippen molar-refractivity contribution in [2.24, 2.45) is 0 Å². The fourth-order valence-electron chi connectivity index (χ4n) is 4.90. The summed E-state index contributed by atoms with van der Waals surface area (Å²) in [5, 5.41) is 13.1. The van der Waals surface area contributed by atoms with E-state index in [1.54, 1.807) is 6.20 Å². The van der Waals surface area contributed by atoms with Gasteiger partial charge >= 0.3 is 5.97 Å². The number of likely N-dealkylation sites (N-methyl/N-ethyl adjacent to an activating group) is 1. The number of aromatic amines is 1. The van der Waals surface area contributed by atoms with Crippen molar-refractivity contribution < 1.29 is 14.7 Å². The zero-order valence-electron chi connectivity index (χ0n) is 21.6. The Morgan fingerprint density at radius 1 is 1.08 bits per heavy atom. The topological polar surface area (TPSA) is 102 Å². The van der Waals surface area contributed by atoms with Gasteiger partial charge in [-0.1, -0.05) is 30.8 Å². The molecular formula is C30H31N5O3. The Morgan fingerprint density at radius 2 is 1.79 bits per heavy atom. The van der Waals surface area contributed by atoms with Gasteiger partial charge in [0.1, 0.15) is 5.65 Å². The molecule has 0 saturated carbocycles. The minimum absolute atomic E-state index is 0.114. The van der Waals surface area contributed by atoms with E-state index in [9.17, 15) is 14.7 Å². The van der Waals surface area contributed by atoms with Crippen LogP contribution in [-0.2, 0) is 16.0 Å². The zero-order valence-corrected chi connectivity index (χ0v) is 21.6. The van der Waals surface area contributed by atoms with Crippen molar-refractivity contribution in [1.82, 2.24) is 14.9 Å². The summed E-state index contributed by atoms with van der Waals surface area (Å²) in [5.41, 5.74) is 7.75. The summed E-state index contributed by atoms with van der Waals surface area (Å²) in [6.07, 6.45) is 2.73. The molecule has 0 bridgehead atoms. The SMILES string of the molecule is C=CC(=O)Nc1cc(-c2c(-c3ccc(N4CCN(C)CC4)cc3)[nH]c3ncc(CC(=O)O)cc23)ccc1C. The lowest BCUT2D eigenvalue weighted by molar-refractivity contribution is -0.136. The number of piperazine rings is 1. The number of carbonyl (C=O) groups is 2. The number of carboxylic acids is 1. The van der Waals surface area contributed by atoms with Crippen molar-refractivity contribution >= 4 is 34.3 Å². The third kappa shape index (κ3) is 5.17. The number of H-pyrrole nitrogens is 1. The molecule has 4 aromatic rings. The van der Waals surface area contributed by atoms with Gasteiger partial charge in [-0.3, -0.25) is 9.59 Å². The third-order valence-corrected chi connectivity index (χ3v) is 7.06. The lowest BCUT2D eigenvalue weighted by atomic mass is 9.96. The second-order valence-corrected chi connectivity index (χ2v) is 9.75. The van der Waals surface area contributed by atoms with E-state index >= 15 is 0 Å². The van der Waals surface area contributed by atoms with Crippen molar-refractivity contribution in [2.75, 3.05) is 43.4 Å². The van der Waals surface area contributed by atoms with Crippen molar-refractivity contribution in [2.45, 2.75) is 13.3 Å². The lowest BCUT2D eigenvalue weighted by Gasteiger charge is -2.34. The van der Waals surface area contributed by atoms with E-state index in [1.807, 2.05) is 31.2 Å². The Balaban J connectivity index is 1.62. The lowest BCUT2D eigenvalue weighted by Crippen LogP contribution is -2.44. The van der Waals surface area contributed by atoms with Crippen LogP contribution in [-0.4, -0.2) is 65.1 Å². The van der Waals surface area contributed by atoms with Crippen LogP contribution in [0.25, 0.3) is 33.4 Å². The zero-order chi connectivity index (χ0) is 26.8. The number of hydrogen-bond acceptors (Lipinski definition) is 5. The first-order chi connectivity index (χ1) is 18.3. The average molecular weight is 510 g/mol. The molecule has 1 saturated heterocycles. The number of aromatic nitrogens is 2. The maximum Gasteiger partial charge on any atom is 0.307 e. The van der Waals surface area contributed by atoms with E-state index < -0.39 is 5.97 Å². The fourth-order valence-corrected chi connectivity index (χ4v) is 4.90. The summed E-state index contributed by atoms with van der Waals surface area (Å²) in [6.45, 7) is 9.55. The Labute approximate surface area is 221 Å². The maximum absolute atomic E-state index is 12.1. The Morgan fingerprint density at radius 3 is 2.47 bits per heavy atom. The highest BCUT2D eigenvalue weighted by Gasteiger charge is 2.19. The molecule has 3 heterocycles. The van der Waals surface area contributed by atoms with Crippen LogP contribution >= 0.6 is 0 Å². The Kier molecular flexibility index (Phi) is 6.98. The van der Waals surface area contributed by atoms with Crippen LogP contribution in [0.4, 0.5) is 11.4 Å². The summed E-state index contributed by atoms with van der Waals surface area (Å²) in [5.74, 6) is -1.19. The number of benzene rings is 2. The normalized spacial score (nSPS) is 14.0. The minimum Gasteiger partial charge on any atom is -0.481 e. The largest absolute Gasteiger partial charge is 0.481 e. The molecule has 8 heteroatoms. The van der Waals surface area contributed by atoms with Gasteiger partial charge in [0, 0.05) is 54.7 Å². The molecule has 3 N–H and O–H groups in total. The van der Waals surface area contributed by atoms with E-state index in [2.05, 4.69) is 63.0 Å². The molecule has 1 fully saturated rings. The summed E-state index contributed by atoms with van der Waals surface area (Å²) < 4.78 is 0. The van der Waals surface area contributed by atoms with Crippen LogP contribution in [0.2, 0.25) is 0 Å². The van der Waals surface area contributed by atoms with E-state index in [0.717, 1.165) is 59.5 Å². The van der Waals surface area contributed by atoms with Gasteiger partial charge in [-0.15, -0.1) is 0 Å². The second-order valence-electron chi connectivity index (χ2n) is 9.75. The molecule has 5 rings (SSSR count). The average Bonchev–Trinajstić information content (AvgIpc) is 3.29. The molecule has 0 aliphatic carbocycles. The second kappa shape index (κ2) is 10.5. The highest BCUT2D eigenvalue weighted by molar-refractivity contribution is 6.04. The first-order valence-corrected chi connectivity index (χ1v) is 12.6. The molecule has 194 valence electrons. The molecule has 0 unspecified atom stereocenters. The number of nitrogens with one attached hydrogen (secondary N) is 2. The molecule has 1 aliphatic heterocycles. The van der Waals surface area contributed by atoms with Gasteiger partial charge in [-0.2, -0.15) is 0 Å². The monoisotopic (exact) mass is 509 g/mol. The van der Waals surface area contributed by atoms with E-state index in [-0.39, 0.29) is 12.3 Å². The molecule has 1 aliphatic rings. The first-order valence-electron chi connectivity index (χ1n) is 12.6. The number of anilines is 2. The predicted octanol–water partition coefficient (Wildman–Crippen LogP) is 4.71. The Hall–Kier alpha value is -4.43. The molecule has 38 heavy (non-hydrogen) atoms. The van der Waals surface area contributed by atoms with Crippen LogP contribution in [0.3, 0.4) is 0 Å². The molecule has 1 amide bonds. The summed E-state index contributed by atoms with van der Waals surface area (Å²) in [7, 11) is 2.15. The van der Waals surface area contributed by atoms with Gasteiger partial charge in [-0.25, -0.2) is 4.98 Å². The number of aliphatic carboxylic acids is 1. The van der Waals surface area contributed by atoms with Crippen molar-refractivity contribution in [3.8, 4) is 22.4 Å². The smallest absolute Gasteiger partial charge is 0.307 e. The standard InChI is InChI=1S/C30H31N5O3/c1-4-26(36)32-25-17-22(6-5-19(25)2)28-24-15-20(16-27(37)38)18-31-30(24)33-29(28)21-7-9-23(10-8-21)35-13-11-34(3)12-14-35/h4-10,15,17-18H,1,11-14,16H2,2-3H3,(H,31,33)(H,32,36)(H,37,38). The summed E-state index contributed by atoms with van der Waals surface area (Å²) in [4.78, 5) is 36.2. The number of pyridine rings is 1. The molecule has 2 aromatic carbocycles.